The van der Waals surface area contributed by atoms with Crippen LogP contribution in [0.4, 0.5) is 5.69 Å². The van der Waals surface area contributed by atoms with E-state index in [2.05, 4.69) is 5.32 Å². The molecule has 1 atom stereocenters. The van der Waals surface area contributed by atoms with Crippen molar-refractivity contribution in [1.82, 2.24) is 14.0 Å². The topological polar surface area (TPSA) is 85.6 Å². The molecule has 0 radical (unpaired) electrons. The number of ether oxygens (including phenoxy) is 1. The molecule has 0 spiro atoms. The number of nitrogens with zero attached hydrogens (tertiary/aromatic N) is 3. The number of rotatable bonds is 4. The summed E-state index contributed by atoms with van der Waals surface area (Å²) in [5.41, 5.74) is 3.04. The van der Waals surface area contributed by atoms with E-state index in [0.717, 1.165) is 36.1 Å². The number of imidazole rings is 1. The standard InChI is InChI=1S/C24H26N4O4/c1-26-18-6-2-3-7-19(18)28(24(26)31)15-22(29)27-12-5-4-8-20(27)23(30)25-17-9-10-21-16(14-17)11-13-32-21/h2-3,6-7,9-10,14,20H,4-5,8,11-13,15H2,1H3,(H,25,30)/t20-/m0/s1. The zero-order valence-corrected chi connectivity index (χ0v) is 18.0. The van der Waals surface area contributed by atoms with Crippen molar-refractivity contribution in [2.75, 3.05) is 18.5 Å². The second-order valence-electron chi connectivity index (χ2n) is 8.43. The SMILES string of the molecule is Cn1c(=O)n(CC(=O)N2CCCC[C@H]2C(=O)Nc2ccc3c(c2)CCO3)c2ccccc21. The fourth-order valence-corrected chi connectivity index (χ4v) is 4.73. The molecule has 1 aromatic heterocycles. The summed E-state index contributed by atoms with van der Waals surface area (Å²) in [6, 6.07) is 12.5. The van der Waals surface area contributed by atoms with Gasteiger partial charge in [0.2, 0.25) is 11.8 Å². The molecule has 3 aromatic rings. The maximum absolute atomic E-state index is 13.3. The van der Waals surface area contributed by atoms with E-state index in [-0.39, 0.29) is 24.0 Å². The number of hydrogen-bond donors (Lipinski definition) is 1. The molecule has 8 heteroatoms. The summed E-state index contributed by atoms with van der Waals surface area (Å²) in [5.74, 6) is 0.450. The molecular weight excluding hydrogens is 408 g/mol. The molecule has 1 fully saturated rings. The molecular formula is C24H26N4O4. The number of anilines is 1. The Balaban J connectivity index is 1.35. The normalized spacial score (nSPS) is 17.8. The first kappa shape index (κ1) is 20.4. The first-order valence-corrected chi connectivity index (χ1v) is 11.0. The lowest BCUT2D eigenvalue weighted by atomic mass is 10.0. The molecule has 0 unspecified atom stereocenters. The van der Waals surface area contributed by atoms with Crippen molar-refractivity contribution in [1.29, 1.82) is 0 Å². The van der Waals surface area contributed by atoms with E-state index in [4.69, 9.17) is 4.74 Å². The van der Waals surface area contributed by atoms with E-state index >= 15 is 0 Å². The third-order valence-electron chi connectivity index (χ3n) is 6.43. The Morgan fingerprint density at radius 2 is 1.94 bits per heavy atom. The number of aromatic nitrogens is 2. The Morgan fingerprint density at radius 3 is 2.78 bits per heavy atom. The molecule has 1 N–H and O–H groups in total. The number of likely N-dealkylation sites (tertiary alicyclic amines) is 1. The van der Waals surface area contributed by atoms with Crippen LogP contribution in [0.25, 0.3) is 11.0 Å². The van der Waals surface area contributed by atoms with Crippen LogP contribution >= 0.6 is 0 Å². The average Bonchev–Trinajstić information content (AvgIpc) is 3.37. The lowest BCUT2D eigenvalue weighted by Gasteiger charge is -2.34. The number of piperidine rings is 1. The van der Waals surface area contributed by atoms with Gasteiger partial charge in [0.05, 0.1) is 17.6 Å². The molecule has 8 nitrogen and oxygen atoms in total. The van der Waals surface area contributed by atoms with Crippen LogP contribution in [-0.4, -0.2) is 45.0 Å². The molecule has 1 saturated heterocycles. The smallest absolute Gasteiger partial charge is 0.329 e. The van der Waals surface area contributed by atoms with E-state index in [1.807, 2.05) is 42.5 Å². The van der Waals surface area contributed by atoms with Crippen LogP contribution in [0.2, 0.25) is 0 Å². The Labute approximate surface area is 185 Å². The van der Waals surface area contributed by atoms with Crippen LogP contribution < -0.4 is 15.7 Å². The van der Waals surface area contributed by atoms with Crippen molar-refractivity contribution in [2.24, 2.45) is 7.05 Å². The number of fused-ring (bicyclic) bond motifs is 2. The summed E-state index contributed by atoms with van der Waals surface area (Å²) in [6.07, 6.45) is 3.16. The summed E-state index contributed by atoms with van der Waals surface area (Å²) in [7, 11) is 1.70. The predicted molar refractivity (Wildman–Crippen MR) is 121 cm³/mol. The second-order valence-corrected chi connectivity index (χ2v) is 8.43. The zero-order chi connectivity index (χ0) is 22.2. The summed E-state index contributed by atoms with van der Waals surface area (Å²) in [6.45, 7) is 1.08. The molecule has 0 bridgehead atoms. The zero-order valence-electron chi connectivity index (χ0n) is 18.0. The van der Waals surface area contributed by atoms with Crippen LogP contribution in [0, 0.1) is 0 Å². The van der Waals surface area contributed by atoms with Gasteiger partial charge in [-0.2, -0.15) is 0 Å². The van der Waals surface area contributed by atoms with Crippen molar-refractivity contribution >= 4 is 28.5 Å². The first-order valence-electron chi connectivity index (χ1n) is 11.0. The average molecular weight is 434 g/mol. The molecule has 0 aliphatic carbocycles. The van der Waals surface area contributed by atoms with Crippen LogP contribution in [-0.2, 0) is 29.6 Å². The number of carbonyl (C=O) groups is 2. The van der Waals surface area contributed by atoms with Gasteiger partial charge in [-0.05, 0) is 55.2 Å². The molecule has 5 rings (SSSR count). The highest BCUT2D eigenvalue weighted by Crippen LogP contribution is 2.28. The maximum Gasteiger partial charge on any atom is 0.329 e. The second kappa shape index (κ2) is 8.18. The van der Waals surface area contributed by atoms with E-state index < -0.39 is 6.04 Å². The number of aryl methyl sites for hydroxylation is 1. The molecule has 2 aromatic carbocycles. The highest BCUT2D eigenvalue weighted by molar-refractivity contribution is 5.97. The third kappa shape index (κ3) is 3.55. The van der Waals surface area contributed by atoms with E-state index in [9.17, 15) is 14.4 Å². The number of para-hydroxylation sites is 2. The van der Waals surface area contributed by atoms with Crippen LogP contribution in [0.3, 0.4) is 0 Å². The van der Waals surface area contributed by atoms with Crippen molar-refractivity contribution < 1.29 is 14.3 Å². The van der Waals surface area contributed by atoms with Gasteiger partial charge in [0, 0.05) is 25.7 Å². The number of benzene rings is 2. The van der Waals surface area contributed by atoms with Gasteiger partial charge in [0.15, 0.2) is 0 Å². The van der Waals surface area contributed by atoms with Gasteiger partial charge < -0.3 is 15.0 Å². The third-order valence-corrected chi connectivity index (χ3v) is 6.43. The monoisotopic (exact) mass is 434 g/mol. The number of nitrogens with one attached hydrogen (secondary N) is 1. The fraction of sp³-hybridized carbons (Fsp3) is 0.375. The van der Waals surface area contributed by atoms with Crippen molar-refractivity contribution in [3.8, 4) is 5.75 Å². The van der Waals surface area contributed by atoms with Gasteiger partial charge in [-0.15, -0.1) is 0 Å². The molecule has 32 heavy (non-hydrogen) atoms. The molecule has 2 amide bonds. The quantitative estimate of drug-likeness (QED) is 0.683. The summed E-state index contributed by atoms with van der Waals surface area (Å²) < 4.78 is 8.56. The minimum Gasteiger partial charge on any atom is -0.493 e. The minimum absolute atomic E-state index is 0.0832. The number of carbonyl (C=O) groups excluding carboxylic acids is 2. The molecule has 166 valence electrons. The highest BCUT2D eigenvalue weighted by atomic mass is 16.5. The first-order chi connectivity index (χ1) is 15.5. The van der Waals surface area contributed by atoms with Crippen molar-refractivity contribution in [3.05, 3.63) is 58.5 Å². The summed E-state index contributed by atoms with van der Waals surface area (Å²) >= 11 is 0. The predicted octanol–water partition coefficient (Wildman–Crippen LogP) is 2.29. The Bertz CT molecular complexity index is 1260. The number of amides is 2. The lowest BCUT2D eigenvalue weighted by molar-refractivity contribution is -0.140. The molecule has 2 aliphatic rings. The summed E-state index contributed by atoms with van der Waals surface area (Å²) in [4.78, 5) is 40.7. The maximum atomic E-state index is 13.3. The Kier molecular flexibility index (Phi) is 5.20. The van der Waals surface area contributed by atoms with E-state index in [0.29, 0.717) is 30.8 Å². The lowest BCUT2D eigenvalue weighted by Crippen LogP contribution is -2.51. The Morgan fingerprint density at radius 1 is 1.12 bits per heavy atom. The largest absolute Gasteiger partial charge is 0.493 e. The van der Waals surface area contributed by atoms with Crippen LogP contribution in [0.15, 0.2) is 47.3 Å². The van der Waals surface area contributed by atoms with Gasteiger partial charge in [0.25, 0.3) is 0 Å². The van der Waals surface area contributed by atoms with E-state index in [1.54, 1.807) is 16.5 Å². The molecule has 0 saturated carbocycles. The van der Waals surface area contributed by atoms with E-state index in [1.165, 1.54) is 4.57 Å². The van der Waals surface area contributed by atoms with Gasteiger partial charge in [0.1, 0.15) is 18.3 Å². The fourth-order valence-electron chi connectivity index (χ4n) is 4.73. The summed E-state index contributed by atoms with van der Waals surface area (Å²) in [5, 5.41) is 2.97. The van der Waals surface area contributed by atoms with Gasteiger partial charge in [-0.25, -0.2) is 4.79 Å². The highest BCUT2D eigenvalue weighted by Gasteiger charge is 2.33. The minimum atomic E-state index is -0.550. The molecule has 3 heterocycles. The Hall–Kier alpha value is -3.55. The van der Waals surface area contributed by atoms with Crippen LogP contribution in [0.1, 0.15) is 24.8 Å². The van der Waals surface area contributed by atoms with Crippen LogP contribution in [0.5, 0.6) is 5.75 Å². The van der Waals surface area contributed by atoms with Crippen molar-refractivity contribution in [3.63, 3.8) is 0 Å². The number of hydrogen-bond acceptors (Lipinski definition) is 4. The van der Waals surface area contributed by atoms with Gasteiger partial charge in [-0.3, -0.25) is 18.7 Å². The molecule has 2 aliphatic heterocycles. The van der Waals surface area contributed by atoms with Gasteiger partial charge >= 0.3 is 5.69 Å². The van der Waals surface area contributed by atoms with Gasteiger partial charge in [-0.1, -0.05) is 12.1 Å². The van der Waals surface area contributed by atoms with Crippen molar-refractivity contribution in [2.45, 2.75) is 38.3 Å².